The van der Waals surface area contributed by atoms with Gasteiger partial charge in [0.2, 0.25) is 0 Å². The van der Waals surface area contributed by atoms with Crippen molar-refractivity contribution in [2.75, 3.05) is 13.2 Å². The van der Waals surface area contributed by atoms with Gasteiger partial charge in [-0.3, -0.25) is 0 Å². The quantitative estimate of drug-likeness (QED) is 0.433. The predicted octanol–water partition coefficient (Wildman–Crippen LogP) is 6.53. The SMILES string of the molecule is FC(F)(F)Oc1ccc(OCc2ccccc2)c(C2COC3(CCCNC3c3ccccc3)C2)c1. The number of benzene rings is 3. The van der Waals surface area contributed by atoms with E-state index >= 15 is 0 Å². The highest BCUT2D eigenvalue weighted by Gasteiger charge is 2.49. The predicted molar refractivity (Wildman–Crippen MR) is 126 cm³/mol. The van der Waals surface area contributed by atoms with Crippen LogP contribution in [-0.4, -0.2) is 25.1 Å². The summed E-state index contributed by atoms with van der Waals surface area (Å²) >= 11 is 0. The van der Waals surface area contributed by atoms with Gasteiger partial charge in [-0.05, 0) is 55.1 Å². The Bertz CT molecular complexity index is 1120. The molecule has 1 spiro atoms. The molecule has 35 heavy (non-hydrogen) atoms. The lowest BCUT2D eigenvalue weighted by Crippen LogP contribution is -2.48. The fraction of sp³-hybridized carbons (Fsp3) is 0.357. The van der Waals surface area contributed by atoms with E-state index < -0.39 is 12.0 Å². The van der Waals surface area contributed by atoms with Crippen LogP contribution in [0.5, 0.6) is 11.5 Å². The van der Waals surface area contributed by atoms with Crippen LogP contribution in [0, 0.1) is 0 Å². The monoisotopic (exact) mass is 483 g/mol. The van der Waals surface area contributed by atoms with Crippen LogP contribution in [0.2, 0.25) is 0 Å². The maximum atomic E-state index is 13.0. The van der Waals surface area contributed by atoms with Crippen LogP contribution >= 0.6 is 0 Å². The van der Waals surface area contributed by atoms with Crippen molar-refractivity contribution >= 4 is 0 Å². The number of hydrogen-bond acceptors (Lipinski definition) is 4. The zero-order valence-corrected chi connectivity index (χ0v) is 19.3. The van der Waals surface area contributed by atoms with Gasteiger partial charge in [0.05, 0.1) is 18.2 Å². The largest absolute Gasteiger partial charge is 0.573 e. The molecule has 0 bridgehead atoms. The lowest BCUT2D eigenvalue weighted by atomic mass is 9.77. The highest BCUT2D eigenvalue weighted by molar-refractivity contribution is 5.44. The molecule has 5 rings (SSSR count). The van der Waals surface area contributed by atoms with Gasteiger partial charge in [0, 0.05) is 11.5 Å². The number of piperidine rings is 1. The van der Waals surface area contributed by atoms with Gasteiger partial charge in [-0.15, -0.1) is 13.2 Å². The van der Waals surface area contributed by atoms with E-state index in [1.807, 2.05) is 48.5 Å². The number of alkyl halides is 3. The average molecular weight is 484 g/mol. The van der Waals surface area contributed by atoms with Crippen molar-refractivity contribution in [3.05, 3.63) is 95.6 Å². The Labute approximate surface area is 203 Å². The molecule has 4 nitrogen and oxygen atoms in total. The molecule has 0 aliphatic carbocycles. The van der Waals surface area contributed by atoms with Gasteiger partial charge in [-0.1, -0.05) is 60.7 Å². The van der Waals surface area contributed by atoms with Crippen LogP contribution < -0.4 is 14.8 Å². The molecule has 0 amide bonds. The topological polar surface area (TPSA) is 39.7 Å². The summed E-state index contributed by atoms with van der Waals surface area (Å²) in [6.07, 6.45) is -2.22. The van der Waals surface area contributed by atoms with Crippen molar-refractivity contribution in [1.29, 1.82) is 0 Å². The van der Waals surface area contributed by atoms with Gasteiger partial charge in [0.25, 0.3) is 0 Å². The van der Waals surface area contributed by atoms with Crippen molar-refractivity contribution in [1.82, 2.24) is 5.32 Å². The van der Waals surface area contributed by atoms with Gasteiger partial charge in [0.15, 0.2) is 0 Å². The summed E-state index contributed by atoms with van der Waals surface area (Å²) in [4.78, 5) is 0. The third-order valence-electron chi connectivity index (χ3n) is 6.84. The van der Waals surface area contributed by atoms with E-state index in [2.05, 4.69) is 22.2 Å². The molecule has 2 fully saturated rings. The molecule has 2 heterocycles. The second-order valence-corrected chi connectivity index (χ2v) is 9.20. The first-order chi connectivity index (χ1) is 16.9. The lowest BCUT2D eigenvalue weighted by molar-refractivity contribution is -0.274. The summed E-state index contributed by atoms with van der Waals surface area (Å²) in [7, 11) is 0. The molecule has 3 aromatic rings. The molecular weight excluding hydrogens is 455 g/mol. The third kappa shape index (κ3) is 5.46. The minimum Gasteiger partial charge on any atom is -0.489 e. The highest BCUT2D eigenvalue weighted by Crippen LogP contribution is 2.50. The number of hydrogen-bond donors (Lipinski definition) is 1. The number of halogens is 3. The lowest BCUT2D eigenvalue weighted by Gasteiger charge is -2.41. The van der Waals surface area contributed by atoms with Gasteiger partial charge in [0.1, 0.15) is 18.1 Å². The first-order valence-electron chi connectivity index (χ1n) is 11.9. The van der Waals surface area contributed by atoms with Gasteiger partial charge >= 0.3 is 6.36 Å². The number of rotatable bonds is 6. The highest BCUT2D eigenvalue weighted by atomic mass is 19.4. The maximum Gasteiger partial charge on any atom is 0.573 e. The maximum absolute atomic E-state index is 13.0. The van der Waals surface area contributed by atoms with Crippen LogP contribution in [0.15, 0.2) is 78.9 Å². The molecule has 0 radical (unpaired) electrons. The molecule has 3 aromatic carbocycles. The van der Waals surface area contributed by atoms with Crippen LogP contribution in [0.4, 0.5) is 13.2 Å². The molecule has 184 valence electrons. The smallest absolute Gasteiger partial charge is 0.489 e. The Morgan fingerprint density at radius 2 is 1.71 bits per heavy atom. The molecule has 7 heteroatoms. The van der Waals surface area contributed by atoms with E-state index in [4.69, 9.17) is 9.47 Å². The minimum absolute atomic E-state index is 0.0192. The van der Waals surface area contributed by atoms with E-state index in [9.17, 15) is 13.2 Å². The Morgan fingerprint density at radius 3 is 2.46 bits per heavy atom. The van der Waals surface area contributed by atoms with Crippen molar-refractivity contribution < 1.29 is 27.4 Å². The van der Waals surface area contributed by atoms with Crippen molar-refractivity contribution in [2.24, 2.45) is 0 Å². The van der Waals surface area contributed by atoms with E-state index in [-0.39, 0.29) is 17.7 Å². The minimum atomic E-state index is -4.76. The fourth-order valence-electron chi connectivity index (χ4n) is 5.32. The Hall–Kier alpha value is -3.03. The molecule has 2 aliphatic rings. The van der Waals surface area contributed by atoms with Crippen molar-refractivity contribution in [3.8, 4) is 11.5 Å². The summed E-state index contributed by atoms with van der Waals surface area (Å²) in [5.41, 5.74) is 2.38. The molecule has 0 aromatic heterocycles. The summed E-state index contributed by atoms with van der Waals surface area (Å²) in [5, 5.41) is 3.61. The molecule has 2 aliphatic heterocycles. The van der Waals surface area contributed by atoms with E-state index in [0.29, 0.717) is 30.9 Å². The van der Waals surface area contributed by atoms with Gasteiger partial charge < -0.3 is 19.5 Å². The molecule has 0 saturated carbocycles. The normalized spacial score (nSPS) is 24.4. The van der Waals surface area contributed by atoms with Crippen molar-refractivity contribution in [3.63, 3.8) is 0 Å². The van der Waals surface area contributed by atoms with E-state index in [1.165, 1.54) is 12.1 Å². The zero-order valence-electron chi connectivity index (χ0n) is 19.3. The summed E-state index contributed by atoms with van der Waals surface area (Å²) in [5.74, 6) is 0.180. The first-order valence-corrected chi connectivity index (χ1v) is 11.9. The molecule has 1 N–H and O–H groups in total. The summed E-state index contributed by atoms with van der Waals surface area (Å²) in [6.45, 7) is 1.62. The Morgan fingerprint density at radius 1 is 0.971 bits per heavy atom. The van der Waals surface area contributed by atoms with Gasteiger partial charge in [-0.25, -0.2) is 0 Å². The van der Waals surface area contributed by atoms with Crippen LogP contribution in [-0.2, 0) is 11.3 Å². The summed E-state index contributed by atoms with van der Waals surface area (Å²) in [6, 6.07) is 24.2. The van der Waals surface area contributed by atoms with Crippen LogP contribution in [0.3, 0.4) is 0 Å². The standard InChI is InChI=1S/C28H28F3NO3/c29-28(30,31)35-23-12-13-25(33-18-20-8-3-1-4-9-20)24(16-23)22-17-27(34-19-22)14-7-15-32-26(27)21-10-5-2-6-11-21/h1-6,8-13,16,22,26,32H,7,14-15,17-19H2. The number of nitrogens with one attached hydrogen (secondary N) is 1. The zero-order chi connectivity index (χ0) is 24.3. The van der Waals surface area contributed by atoms with Crippen molar-refractivity contribution in [2.45, 2.75) is 49.8 Å². The Kier molecular flexibility index (Phi) is 6.71. The Balaban J connectivity index is 1.43. The first kappa shape index (κ1) is 23.7. The molecular formula is C28H28F3NO3. The van der Waals surface area contributed by atoms with E-state index in [0.717, 1.165) is 30.5 Å². The molecule has 3 atom stereocenters. The summed E-state index contributed by atoms with van der Waals surface area (Å²) < 4.78 is 55.7. The average Bonchev–Trinajstić information content (AvgIpc) is 3.27. The van der Waals surface area contributed by atoms with E-state index in [1.54, 1.807) is 6.07 Å². The fourth-order valence-corrected chi connectivity index (χ4v) is 5.32. The second-order valence-electron chi connectivity index (χ2n) is 9.20. The van der Waals surface area contributed by atoms with Crippen LogP contribution in [0.1, 0.15) is 47.9 Å². The van der Waals surface area contributed by atoms with Crippen LogP contribution in [0.25, 0.3) is 0 Å². The third-order valence-corrected chi connectivity index (χ3v) is 6.84. The van der Waals surface area contributed by atoms with Gasteiger partial charge in [-0.2, -0.15) is 0 Å². The second kappa shape index (κ2) is 9.91. The molecule has 2 saturated heterocycles. The number of ether oxygens (including phenoxy) is 3. The molecule has 3 unspecified atom stereocenters.